The lowest BCUT2D eigenvalue weighted by Gasteiger charge is -2.31. The Morgan fingerprint density at radius 1 is 0.897 bits per heavy atom. The minimum absolute atomic E-state index is 0.0235. The average Bonchev–Trinajstić information content (AvgIpc) is 2.76. The van der Waals surface area contributed by atoms with Crippen LogP contribution in [0.4, 0.5) is 5.69 Å². The Hall–Kier alpha value is -2.79. The molecule has 0 atom stereocenters. The second-order valence-electron chi connectivity index (χ2n) is 5.65. The third kappa shape index (κ3) is 6.09. The highest BCUT2D eigenvalue weighted by atomic mass is 16.2. The van der Waals surface area contributed by atoms with Crippen LogP contribution in [0.15, 0.2) is 48.5 Å². The van der Waals surface area contributed by atoms with E-state index < -0.39 is 0 Å². The van der Waals surface area contributed by atoms with Gasteiger partial charge in [-0.15, -0.1) is 0 Å². The largest absolute Gasteiger partial charge is 0.396 e. The van der Waals surface area contributed by atoms with Gasteiger partial charge in [-0.05, 0) is 11.6 Å². The normalized spacial score (nSPS) is 14.0. The van der Waals surface area contributed by atoms with Gasteiger partial charge in [0.2, 0.25) is 5.91 Å². The first-order chi connectivity index (χ1) is 14.0. The van der Waals surface area contributed by atoms with Gasteiger partial charge in [0.1, 0.15) is 0 Å². The molecule has 2 aromatic carbocycles. The summed E-state index contributed by atoms with van der Waals surface area (Å²) in [5.41, 5.74) is 11.3. The number of rotatable bonds is 1. The molecule has 1 heterocycles. The van der Waals surface area contributed by atoms with Gasteiger partial charge in [-0.1, -0.05) is 84.0 Å². The molecule has 0 bridgehead atoms. The quantitative estimate of drug-likeness (QED) is 0.510. The van der Waals surface area contributed by atoms with Crippen molar-refractivity contribution in [1.29, 1.82) is 0 Å². The molecule has 3 rings (SSSR count). The zero-order chi connectivity index (χ0) is 22.6. The molecule has 0 unspecified atom stereocenters. The lowest BCUT2D eigenvalue weighted by atomic mass is 9.96. The van der Waals surface area contributed by atoms with Gasteiger partial charge >= 0.3 is 0 Å². The van der Waals surface area contributed by atoms with Crippen molar-refractivity contribution >= 4 is 23.0 Å². The molecule has 1 aliphatic rings. The van der Waals surface area contributed by atoms with Gasteiger partial charge in [0, 0.05) is 25.1 Å². The molecule has 4 N–H and O–H groups in total. The molecule has 5 heteroatoms. The van der Waals surface area contributed by atoms with E-state index in [9.17, 15) is 4.79 Å². The van der Waals surface area contributed by atoms with Gasteiger partial charge in [0.15, 0.2) is 0 Å². The number of hydrazine groups is 1. The molecule has 0 saturated carbocycles. The van der Waals surface area contributed by atoms with Crippen LogP contribution in [-0.4, -0.2) is 18.0 Å². The maximum atomic E-state index is 12.2. The third-order valence-electron chi connectivity index (χ3n) is 4.07. The maximum Gasteiger partial charge on any atom is 0.224 e. The smallest absolute Gasteiger partial charge is 0.224 e. The number of nitrogens with zero attached hydrogens (tertiary/aromatic N) is 2. The number of anilines is 1. The van der Waals surface area contributed by atoms with E-state index in [0.29, 0.717) is 12.2 Å². The highest BCUT2D eigenvalue weighted by Gasteiger charge is 2.25. The van der Waals surface area contributed by atoms with E-state index in [-0.39, 0.29) is 5.91 Å². The summed E-state index contributed by atoms with van der Waals surface area (Å²) >= 11 is 0. The molecule has 0 fully saturated rings. The monoisotopic (exact) mass is 398 g/mol. The average molecular weight is 399 g/mol. The van der Waals surface area contributed by atoms with Crippen molar-refractivity contribution in [2.24, 2.45) is 11.6 Å². The van der Waals surface area contributed by atoms with Gasteiger partial charge in [-0.2, -0.15) is 0 Å². The fourth-order valence-electron chi connectivity index (χ4n) is 3.02. The van der Waals surface area contributed by atoms with Crippen molar-refractivity contribution in [1.82, 2.24) is 5.01 Å². The fraction of sp³-hybridized carbons (Fsp3) is 0.375. The van der Waals surface area contributed by atoms with E-state index >= 15 is 0 Å². The number of nitrogens with two attached hydrogens (primary N) is 2. The minimum Gasteiger partial charge on any atom is -0.396 e. The van der Waals surface area contributed by atoms with E-state index in [4.69, 9.17) is 11.6 Å². The molecule has 1 aliphatic heterocycles. The van der Waals surface area contributed by atoms with E-state index in [1.807, 2.05) is 90.1 Å². The lowest BCUT2D eigenvalue weighted by molar-refractivity contribution is -0.116. The fourth-order valence-corrected chi connectivity index (χ4v) is 3.02. The molecule has 0 spiro atoms. The zero-order valence-electron chi connectivity index (χ0n) is 19.3. The summed E-state index contributed by atoms with van der Waals surface area (Å²) in [7, 11) is 1.77. The predicted octanol–water partition coefficient (Wildman–Crippen LogP) is 5.22. The Bertz CT molecular complexity index is 797. The molecule has 2 aromatic rings. The highest BCUT2D eigenvalue weighted by Crippen LogP contribution is 2.35. The molecule has 0 saturated heterocycles. The first kappa shape index (κ1) is 26.2. The molecule has 0 radical (unpaired) electrons. The SMILES string of the molecule is CC.CC.CC.CC(=O)N1Cc2ccccc2/C(N(C)N)=C(/N)c2ccccc21. The Kier molecular flexibility index (Phi) is 12.1. The lowest BCUT2D eigenvalue weighted by Crippen LogP contribution is -2.33. The van der Waals surface area contributed by atoms with E-state index in [1.54, 1.807) is 18.9 Å². The van der Waals surface area contributed by atoms with Crippen LogP contribution in [-0.2, 0) is 11.3 Å². The van der Waals surface area contributed by atoms with Crippen LogP contribution >= 0.6 is 0 Å². The second-order valence-corrected chi connectivity index (χ2v) is 5.65. The Morgan fingerprint density at radius 3 is 1.90 bits per heavy atom. The molecule has 1 amide bonds. The van der Waals surface area contributed by atoms with Crippen LogP contribution in [0, 0.1) is 0 Å². The van der Waals surface area contributed by atoms with Crippen molar-refractivity contribution in [3.63, 3.8) is 0 Å². The van der Waals surface area contributed by atoms with Crippen LogP contribution in [0.1, 0.15) is 65.2 Å². The molecular weight excluding hydrogens is 360 g/mol. The number of benzene rings is 2. The topological polar surface area (TPSA) is 75.6 Å². The van der Waals surface area contributed by atoms with Crippen molar-refractivity contribution in [3.05, 3.63) is 65.2 Å². The molecule has 0 aromatic heterocycles. The van der Waals surface area contributed by atoms with Gasteiger partial charge in [0.25, 0.3) is 0 Å². The van der Waals surface area contributed by atoms with Gasteiger partial charge < -0.3 is 15.6 Å². The van der Waals surface area contributed by atoms with Crippen LogP contribution in [0.5, 0.6) is 0 Å². The maximum absolute atomic E-state index is 12.2. The molecule has 160 valence electrons. The minimum atomic E-state index is -0.0235. The standard InChI is InChI=1S/C18H20N4O.3C2H6/c1-12(23)22-11-13-7-3-4-8-14(13)18(21(2)20)17(19)15-9-5-6-10-16(15)22;3*1-2/h3-10H,11,19-20H2,1-2H3;3*1-2H3/b18-17-;;;. The van der Waals surface area contributed by atoms with Crippen LogP contribution < -0.4 is 16.5 Å². The summed E-state index contributed by atoms with van der Waals surface area (Å²) in [5, 5.41) is 1.54. The number of amides is 1. The molecular formula is C24H38N4O. The van der Waals surface area contributed by atoms with Crippen molar-refractivity contribution < 1.29 is 4.79 Å². The summed E-state index contributed by atoms with van der Waals surface area (Å²) in [6.07, 6.45) is 0. The Morgan fingerprint density at radius 2 is 1.38 bits per heavy atom. The van der Waals surface area contributed by atoms with Crippen molar-refractivity contribution in [2.75, 3.05) is 11.9 Å². The predicted molar refractivity (Wildman–Crippen MR) is 127 cm³/mol. The van der Waals surface area contributed by atoms with Gasteiger partial charge in [0.05, 0.1) is 23.6 Å². The van der Waals surface area contributed by atoms with Crippen LogP contribution in [0.25, 0.3) is 11.4 Å². The molecule has 29 heavy (non-hydrogen) atoms. The summed E-state index contributed by atoms with van der Waals surface area (Å²) in [4.78, 5) is 13.9. The number of para-hydroxylation sites is 1. The first-order valence-electron chi connectivity index (χ1n) is 10.4. The second kappa shape index (κ2) is 13.4. The van der Waals surface area contributed by atoms with Crippen molar-refractivity contribution in [3.8, 4) is 0 Å². The van der Waals surface area contributed by atoms with Crippen molar-refractivity contribution in [2.45, 2.75) is 55.0 Å². The van der Waals surface area contributed by atoms with Crippen LogP contribution in [0.2, 0.25) is 0 Å². The zero-order valence-corrected chi connectivity index (χ0v) is 19.3. The molecule has 5 nitrogen and oxygen atoms in total. The van der Waals surface area contributed by atoms with E-state index in [0.717, 1.165) is 28.1 Å². The Labute approximate surface area is 177 Å². The number of carbonyl (C=O) groups excluding carboxylic acids is 1. The molecule has 0 aliphatic carbocycles. The van der Waals surface area contributed by atoms with Crippen LogP contribution in [0.3, 0.4) is 0 Å². The number of fused-ring (bicyclic) bond motifs is 2. The summed E-state index contributed by atoms with van der Waals surface area (Å²) < 4.78 is 0. The summed E-state index contributed by atoms with van der Waals surface area (Å²) in [6.45, 7) is 14.0. The summed E-state index contributed by atoms with van der Waals surface area (Å²) in [5.74, 6) is 6.04. The van der Waals surface area contributed by atoms with E-state index in [2.05, 4.69) is 0 Å². The Balaban J connectivity index is 0.00000120. The summed E-state index contributed by atoms with van der Waals surface area (Å²) in [6, 6.07) is 15.5. The number of hydrogen-bond acceptors (Lipinski definition) is 4. The number of hydrogen-bond donors (Lipinski definition) is 2. The third-order valence-corrected chi connectivity index (χ3v) is 4.07. The van der Waals surface area contributed by atoms with Gasteiger partial charge in [-0.3, -0.25) is 4.79 Å². The van der Waals surface area contributed by atoms with Gasteiger partial charge in [-0.25, -0.2) is 5.84 Å². The number of carbonyl (C=O) groups is 1. The highest BCUT2D eigenvalue weighted by molar-refractivity contribution is 6.00. The van der Waals surface area contributed by atoms with E-state index in [1.165, 1.54) is 5.01 Å². The first-order valence-corrected chi connectivity index (χ1v) is 10.4.